The number of thiophene rings is 1. The van der Waals surface area contributed by atoms with Gasteiger partial charge < -0.3 is 4.98 Å². The van der Waals surface area contributed by atoms with E-state index in [4.69, 9.17) is 5.26 Å². The van der Waals surface area contributed by atoms with Crippen molar-refractivity contribution in [3.05, 3.63) is 48.0 Å². The molecule has 4 aromatic rings. The van der Waals surface area contributed by atoms with Crippen molar-refractivity contribution >= 4 is 42.5 Å². The Morgan fingerprint density at radius 3 is 2.83 bits per heavy atom. The first kappa shape index (κ1) is 9.69. The summed E-state index contributed by atoms with van der Waals surface area (Å²) in [5, 5.41) is 11.4. The lowest BCUT2D eigenvalue weighted by Crippen LogP contribution is -1.72. The van der Waals surface area contributed by atoms with Crippen LogP contribution in [-0.4, -0.2) is 4.98 Å². The fourth-order valence-electron chi connectivity index (χ4n) is 2.41. The zero-order chi connectivity index (χ0) is 12.1. The van der Waals surface area contributed by atoms with E-state index in [0.29, 0.717) is 5.56 Å². The lowest BCUT2D eigenvalue weighted by Gasteiger charge is -1.91. The molecule has 4 rings (SSSR count). The van der Waals surface area contributed by atoms with Gasteiger partial charge in [-0.2, -0.15) is 5.26 Å². The first-order chi connectivity index (χ1) is 8.86. The van der Waals surface area contributed by atoms with Crippen molar-refractivity contribution in [1.82, 2.24) is 4.98 Å². The van der Waals surface area contributed by atoms with Crippen LogP contribution in [0.4, 0.5) is 0 Å². The summed E-state index contributed by atoms with van der Waals surface area (Å²) in [5.74, 6) is 0. The van der Waals surface area contributed by atoms with Crippen molar-refractivity contribution in [3.63, 3.8) is 0 Å². The highest BCUT2D eigenvalue weighted by Crippen LogP contribution is 2.38. The molecule has 84 valence electrons. The first-order valence-electron chi connectivity index (χ1n) is 5.70. The predicted molar refractivity (Wildman–Crippen MR) is 75.9 cm³/mol. The third-order valence-electron chi connectivity index (χ3n) is 3.25. The van der Waals surface area contributed by atoms with Crippen LogP contribution in [0.2, 0.25) is 0 Å². The highest BCUT2D eigenvalue weighted by Gasteiger charge is 2.11. The van der Waals surface area contributed by atoms with E-state index in [2.05, 4.69) is 29.3 Å². The number of benzene rings is 2. The molecule has 3 heteroatoms. The van der Waals surface area contributed by atoms with Crippen LogP contribution >= 0.6 is 11.3 Å². The van der Waals surface area contributed by atoms with Gasteiger partial charge >= 0.3 is 0 Å². The van der Waals surface area contributed by atoms with E-state index in [0.717, 1.165) is 16.4 Å². The Kier molecular flexibility index (Phi) is 1.80. The van der Waals surface area contributed by atoms with Crippen LogP contribution in [0.1, 0.15) is 5.56 Å². The molecule has 0 saturated heterocycles. The zero-order valence-corrected chi connectivity index (χ0v) is 10.2. The van der Waals surface area contributed by atoms with Crippen LogP contribution in [0.25, 0.3) is 31.2 Å². The molecule has 0 radical (unpaired) electrons. The molecule has 0 aliphatic heterocycles. The summed E-state index contributed by atoms with van der Waals surface area (Å²) in [6, 6.07) is 16.4. The van der Waals surface area contributed by atoms with E-state index in [1.54, 1.807) is 11.3 Å². The summed E-state index contributed by atoms with van der Waals surface area (Å²) in [4.78, 5) is 3.45. The van der Waals surface area contributed by atoms with Gasteiger partial charge in [-0.25, -0.2) is 0 Å². The molecule has 0 aliphatic carbocycles. The summed E-state index contributed by atoms with van der Waals surface area (Å²) in [6.07, 6.45) is 0. The highest BCUT2D eigenvalue weighted by atomic mass is 32.1. The molecule has 0 amide bonds. The maximum Gasteiger partial charge on any atom is 0.0991 e. The van der Waals surface area contributed by atoms with Gasteiger partial charge in [0, 0.05) is 21.0 Å². The van der Waals surface area contributed by atoms with Crippen molar-refractivity contribution in [2.24, 2.45) is 0 Å². The van der Waals surface area contributed by atoms with E-state index < -0.39 is 0 Å². The van der Waals surface area contributed by atoms with Gasteiger partial charge in [0.15, 0.2) is 0 Å². The molecule has 0 bridgehead atoms. The number of H-pyrrole nitrogens is 1. The van der Waals surface area contributed by atoms with Crippen molar-refractivity contribution in [2.45, 2.75) is 0 Å². The van der Waals surface area contributed by atoms with Crippen molar-refractivity contribution in [3.8, 4) is 6.07 Å². The quantitative estimate of drug-likeness (QED) is 0.492. The Morgan fingerprint density at radius 2 is 1.94 bits per heavy atom. The number of para-hydroxylation sites is 1. The second-order valence-electron chi connectivity index (χ2n) is 4.30. The Morgan fingerprint density at radius 1 is 1.06 bits per heavy atom. The minimum atomic E-state index is 0.709. The van der Waals surface area contributed by atoms with Gasteiger partial charge in [-0.15, -0.1) is 11.3 Å². The normalized spacial score (nSPS) is 11.3. The standard InChI is InChI=1S/C15H8N2S/c16-8-9-5-6-13-11(7-9)14-15(18-13)10-3-1-2-4-12(10)17-14/h1-7,17H. The minimum Gasteiger partial charge on any atom is -0.353 e. The number of aromatic amines is 1. The monoisotopic (exact) mass is 248 g/mol. The van der Waals surface area contributed by atoms with Gasteiger partial charge in [0.2, 0.25) is 0 Å². The van der Waals surface area contributed by atoms with Crippen LogP contribution < -0.4 is 0 Å². The van der Waals surface area contributed by atoms with Crippen molar-refractivity contribution < 1.29 is 0 Å². The summed E-state index contributed by atoms with van der Waals surface area (Å²) in [5.41, 5.74) is 3.01. The molecule has 2 aromatic heterocycles. The molecule has 2 aromatic carbocycles. The molecule has 0 saturated carbocycles. The van der Waals surface area contributed by atoms with Gasteiger partial charge in [-0.3, -0.25) is 0 Å². The third kappa shape index (κ3) is 1.15. The number of hydrogen-bond donors (Lipinski definition) is 1. The number of nitrogens with one attached hydrogen (secondary N) is 1. The number of nitriles is 1. The molecule has 18 heavy (non-hydrogen) atoms. The summed E-state index contributed by atoms with van der Waals surface area (Å²) in [6.45, 7) is 0. The van der Waals surface area contributed by atoms with Crippen LogP contribution in [0.15, 0.2) is 42.5 Å². The number of aromatic nitrogens is 1. The van der Waals surface area contributed by atoms with Gasteiger partial charge in [0.25, 0.3) is 0 Å². The average Bonchev–Trinajstić information content (AvgIpc) is 2.94. The lowest BCUT2D eigenvalue weighted by molar-refractivity contribution is 1.50. The van der Waals surface area contributed by atoms with Crippen LogP contribution in [-0.2, 0) is 0 Å². The minimum absolute atomic E-state index is 0.709. The number of rotatable bonds is 0. The SMILES string of the molecule is N#Cc1ccc2sc3c4ccccc4[nH]c3c2c1. The molecule has 0 spiro atoms. The van der Waals surface area contributed by atoms with Gasteiger partial charge in [0.05, 0.1) is 21.8 Å². The van der Waals surface area contributed by atoms with Gasteiger partial charge in [0.1, 0.15) is 0 Å². The van der Waals surface area contributed by atoms with E-state index in [1.165, 1.54) is 14.8 Å². The Balaban J connectivity index is 2.25. The summed E-state index contributed by atoms with van der Waals surface area (Å²) < 4.78 is 2.50. The Bertz CT molecular complexity index is 938. The topological polar surface area (TPSA) is 39.6 Å². The molecule has 0 fully saturated rings. The second kappa shape index (κ2) is 3.34. The smallest absolute Gasteiger partial charge is 0.0991 e. The number of nitrogens with zero attached hydrogens (tertiary/aromatic N) is 1. The average molecular weight is 248 g/mol. The maximum absolute atomic E-state index is 8.99. The molecule has 1 N–H and O–H groups in total. The molecular formula is C15H8N2S. The highest BCUT2D eigenvalue weighted by molar-refractivity contribution is 7.26. The largest absolute Gasteiger partial charge is 0.353 e. The van der Waals surface area contributed by atoms with E-state index in [1.807, 2.05) is 24.3 Å². The van der Waals surface area contributed by atoms with Gasteiger partial charge in [-0.05, 0) is 24.3 Å². The number of fused-ring (bicyclic) bond motifs is 5. The van der Waals surface area contributed by atoms with Crippen LogP contribution in [0.5, 0.6) is 0 Å². The van der Waals surface area contributed by atoms with E-state index in [-0.39, 0.29) is 0 Å². The van der Waals surface area contributed by atoms with Crippen LogP contribution in [0.3, 0.4) is 0 Å². The third-order valence-corrected chi connectivity index (χ3v) is 4.45. The number of hydrogen-bond acceptors (Lipinski definition) is 2. The molecular weight excluding hydrogens is 240 g/mol. The second-order valence-corrected chi connectivity index (χ2v) is 5.35. The molecule has 0 atom stereocenters. The van der Waals surface area contributed by atoms with Crippen LogP contribution in [0, 0.1) is 11.3 Å². The van der Waals surface area contributed by atoms with Gasteiger partial charge in [-0.1, -0.05) is 18.2 Å². The summed E-state index contributed by atoms with van der Waals surface area (Å²) in [7, 11) is 0. The van der Waals surface area contributed by atoms with E-state index >= 15 is 0 Å². The predicted octanol–water partition coefficient (Wildman–Crippen LogP) is 4.41. The Labute approximate surface area is 107 Å². The molecule has 0 aliphatic rings. The molecule has 2 nitrogen and oxygen atoms in total. The lowest BCUT2D eigenvalue weighted by atomic mass is 10.1. The fraction of sp³-hybridized carbons (Fsp3) is 0. The zero-order valence-electron chi connectivity index (χ0n) is 9.40. The van der Waals surface area contributed by atoms with Crippen molar-refractivity contribution in [1.29, 1.82) is 5.26 Å². The Hall–Kier alpha value is -2.31. The summed E-state index contributed by atoms with van der Waals surface area (Å²) >= 11 is 1.78. The maximum atomic E-state index is 8.99. The molecule has 2 heterocycles. The first-order valence-corrected chi connectivity index (χ1v) is 6.51. The fourth-order valence-corrected chi connectivity index (χ4v) is 3.58. The van der Waals surface area contributed by atoms with Crippen molar-refractivity contribution in [2.75, 3.05) is 0 Å². The van der Waals surface area contributed by atoms with E-state index in [9.17, 15) is 0 Å². The molecule has 0 unspecified atom stereocenters.